The third-order valence-corrected chi connectivity index (χ3v) is 2.89. The highest BCUT2D eigenvalue weighted by atomic mass is 35.5. The lowest BCUT2D eigenvalue weighted by molar-refractivity contribution is 0.750. The predicted molar refractivity (Wildman–Crippen MR) is 80.9 cm³/mol. The van der Waals surface area contributed by atoms with Crippen LogP contribution in [0.15, 0.2) is 53.7 Å². The number of aromatic nitrogens is 2. The first-order valence-electron chi connectivity index (χ1n) is 6.04. The van der Waals surface area contributed by atoms with Crippen LogP contribution < -0.4 is 16.2 Å². The maximum atomic E-state index is 12.3. The zero-order chi connectivity index (χ0) is 14.5. The molecule has 2 aromatic rings. The fraction of sp³-hybridized carbons (Fsp3) is 0.143. The zero-order valence-electron chi connectivity index (χ0n) is 11.1. The van der Waals surface area contributed by atoms with Crippen molar-refractivity contribution in [3.63, 3.8) is 0 Å². The molecule has 0 spiro atoms. The van der Waals surface area contributed by atoms with Crippen LogP contribution in [0.4, 0.5) is 5.82 Å². The molecular formula is C14H15ClN4O. The fourth-order valence-corrected chi connectivity index (χ4v) is 1.89. The van der Waals surface area contributed by atoms with Gasteiger partial charge in [0.05, 0.1) is 12.4 Å². The van der Waals surface area contributed by atoms with E-state index in [0.717, 1.165) is 5.56 Å². The molecule has 0 fully saturated rings. The SMILES string of the molecule is C=C(NC)Nc1nc(Cl)cn(Cc2ccccc2)c1=O. The average molecular weight is 291 g/mol. The molecule has 0 aliphatic rings. The highest BCUT2D eigenvalue weighted by Crippen LogP contribution is 2.08. The summed E-state index contributed by atoms with van der Waals surface area (Å²) >= 11 is 5.95. The summed E-state index contributed by atoms with van der Waals surface area (Å²) in [5.41, 5.74) is 0.755. The van der Waals surface area contributed by atoms with Gasteiger partial charge in [0.25, 0.3) is 5.56 Å². The van der Waals surface area contributed by atoms with Gasteiger partial charge in [-0.3, -0.25) is 4.79 Å². The topological polar surface area (TPSA) is 59.0 Å². The van der Waals surface area contributed by atoms with E-state index in [9.17, 15) is 4.79 Å². The molecule has 0 aliphatic carbocycles. The van der Waals surface area contributed by atoms with Crippen LogP contribution in [0.2, 0.25) is 5.15 Å². The van der Waals surface area contributed by atoms with Crippen LogP contribution in [-0.2, 0) is 6.54 Å². The predicted octanol–water partition coefficient (Wildman–Crippen LogP) is 2.05. The number of benzene rings is 1. The van der Waals surface area contributed by atoms with Crippen molar-refractivity contribution < 1.29 is 0 Å². The van der Waals surface area contributed by atoms with Crippen molar-refractivity contribution in [2.75, 3.05) is 12.4 Å². The Morgan fingerprint density at radius 1 is 1.40 bits per heavy atom. The summed E-state index contributed by atoms with van der Waals surface area (Å²) in [4.78, 5) is 16.3. The normalized spacial score (nSPS) is 10.1. The molecule has 5 nitrogen and oxygen atoms in total. The summed E-state index contributed by atoms with van der Waals surface area (Å²) in [7, 11) is 1.70. The Hall–Kier alpha value is -2.27. The van der Waals surface area contributed by atoms with E-state index in [1.165, 1.54) is 10.8 Å². The number of hydrogen-bond donors (Lipinski definition) is 2. The first-order valence-corrected chi connectivity index (χ1v) is 6.42. The van der Waals surface area contributed by atoms with Crippen LogP contribution >= 0.6 is 11.6 Å². The van der Waals surface area contributed by atoms with Gasteiger partial charge in [0.15, 0.2) is 5.82 Å². The number of rotatable bonds is 5. The molecule has 1 heterocycles. The van der Waals surface area contributed by atoms with E-state index in [2.05, 4.69) is 22.2 Å². The van der Waals surface area contributed by atoms with Gasteiger partial charge in [-0.15, -0.1) is 0 Å². The quantitative estimate of drug-likeness (QED) is 0.885. The maximum absolute atomic E-state index is 12.3. The zero-order valence-corrected chi connectivity index (χ0v) is 11.8. The van der Waals surface area contributed by atoms with Gasteiger partial charge in [-0.25, -0.2) is 4.98 Å². The summed E-state index contributed by atoms with van der Waals surface area (Å²) in [6.07, 6.45) is 1.52. The first kappa shape index (κ1) is 14.1. The highest BCUT2D eigenvalue weighted by molar-refractivity contribution is 6.29. The van der Waals surface area contributed by atoms with Crippen molar-refractivity contribution >= 4 is 17.4 Å². The number of halogens is 1. The second kappa shape index (κ2) is 6.25. The lowest BCUT2D eigenvalue weighted by atomic mass is 10.2. The molecule has 0 amide bonds. The summed E-state index contributed by atoms with van der Waals surface area (Å²) in [5, 5.41) is 5.83. The van der Waals surface area contributed by atoms with Gasteiger partial charge in [-0.05, 0) is 5.56 Å². The Morgan fingerprint density at radius 3 is 2.75 bits per heavy atom. The second-order valence-corrected chi connectivity index (χ2v) is 4.57. The Bertz CT molecular complexity index is 667. The summed E-state index contributed by atoms with van der Waals surface area (Å²) < 4.78 is 1.51. The van der Waals surface area contributed by atoms with E-state index in [1.54, 1.807) is 7.05 Å². The molecule has 0 saturated carbocycles. The molecule has 6 heteroatoms. The van der Waals surface area contributed by atoms with E-state index in [0.29, 0.717) is 12.4 Å². The second-order valence-electron chi connectivity index (χ2n) is 4.18. The molecule has 2 rings (SSSR count). The van der Waals surface area contributed by atoms with Gasteiger partial charge >= 0.3 is 0 Å². The van der Waals surface area contributed by atoms with Crippen molar-refractivity contribution in [1.82, 2.24) is 14.9 Å². The highest BCUT2D eigenvalue weighted by Gasteiger charge is 2.08. The molecule has 1 aromatic carbocycles. The summed E-state index contributed by atoms with van der Waals surface area (Å²) in [6.45, 7) is 4.13. The van der Waals surface area contributed by atoms with E-state index < -0.39 is 0 Å². The Balaban J connectivity index is 2.34. The van der Waals surface area contributed by atoms with Gasteiger partial charge in [0.2, 0.25) is 0 Å². The lowest BCUT2D eigenvalue weighted by Gasteiger charge is -2.11. The smallest absolute Gasteiger partial charge is 0.294 e. The standard InChI is InChI=1S/C14H15ClN4O/c1-10(16-2)17-13-14(20)19(9-12(15)18-13)8-11-6-4-3-5-7-11/h3-7,9,16H,1,8H2,2H3,(H,17,18). The Labute approximate surface area is 121 Å². The van der Waals surface area contributed by atoms with E-state index in [1.807, 2.05) is 30.3 Å². The molecule has 2 N–H and O–H groups in total. The molecule has 0 aliphatic heterocycles. The van der Waals surface area contributed by atoms with Crippen LogP contribution in [0, 0.1) is 0 Å². The van der Waals surface area contributed by atoms with Crippen LogP contribution in [-0.4, -0.2) is 16.6 Å². The number of hydrogen-bond acceptors (Lipinski definition) is 4. The van der Waals surface area contributed by atoms with Crippen molar-refractivity contribution in [2.45, 2.75) is 6.54 Å². The van der Waals surface area contributed by atoms with Crippen LogP contribution in [0.5, 0.6) is 0 Å². The third-order valence-electron chi connectivity index (χ3n) is 2.71. The van der Waals surface area contributed by atoms with Gasteiger partial charge in [-0.1, -0.05) is 48.5 Å². The largest absolute Gasteiger partial charge is 0.375 e. The third kappa shape index (κ3) is 3.39. The maximum Gasteiger partial charge on any atom is 0.294 e. The van der Waals surface area contributed by atoms with Crippen molar-refractivity contribution in [1.29, 1.82) is 0 Å². The van der Waals surface area contributed by atoms with Gasteiger partial charge < -0.3 is 15.2 Å². The molecule has 0 saturated heterocycles. The average Bonchev–Trinajstić information content (AvgIpc) is 2.45. The number of nitrogens with one attached hydrogen (secondary N) is 2. The Kier molecular flexibility index (Phi) is 4.42. The molecule has 0 atom stereocenters. The first-order chi connectivity index (χ1) is 9.60. The Morgan fingerprint density at radius 2 is 2.10 bits per heavy atom. The van der Waals surface area contributed by atoms with Gasteiger partial charge in [-0.2, -0.15) is 0 Å². The molecule has 104 valence electrons. The van der Waals surface area contributed by atoms with E-state index in [4.69, 9.17) is 11.6 Å². The lowest BCUT2D eigenvalue weighted by Crippen LogP contribution is -2.27. The van der Waals surface area contributed by atoms with Crippen molar-refractivity contribution in [2.24, 2.45) is 0 Å². The van der Waals surface area contributed by atoms with Crippen LogP contribution in [0.3, 0.4) is 0 Å². The van der Waals surface area contributed by atoms with Crippen LogP contribution in [0.25, 0.3) is 0 Å². The molecule has 20 heavy (non-hydrogen) atoms. The van der Waals surface area contributed by atoms with Crippen LogP contribution in [0.1, 0.15) is 5.56 Å². The summed E-state index contributed by atoms with van der Waals surface area (Å²) in [6, 6.07) is 9.66. The van der Waals surface area contributed by atoms with Gasteiger partial charge in [0, 0.05) is 13.2 Å². The minimum absolute atomic E-state index is 0.146. The number of nitrogens with zero attached hydrogens (tertiary/aromatic N) is 2. The number of anilines is 1. The minimum Gasteiger partial charge on any atom is -0.375 e. The monoisotopic (exact) mass is 290 g/mol. The summed E-state index contributed by atoms with van der Waals surface area (Å²) in [5.74, 6) is 0.621. The molecule has 0 unspecified atom stereocenters. The van der Waals surface area contributed by atoms with E-state index >= 15 is 0 Å². The molecule has 0 bridgehead atoms. The fourth-order valence-electron chi connectivity index (χ4n) is 1.69. The molecule has 0 radical (unpaired) electrons. The minimum atomic E-state index is -0.255. The molecule has 1 aromatic heterocycles. The van der Waals surface area contributed by atoms with Crippen molar-refractivity contribution in [3.05, 3.63) is 70.0 Å². The van der Waals surface area contributed by atoms with E-state index in [-0.39, 0.29) is 16.5 Å². The molecular weight excluding hydrogens is 276 g/mol. The van der Waals surface area contributed by atoms with Crippen molar-refractivity contribution in [3.8, 4) is 0 Å². The van der Waals surface area contributed by atoms with Gasteiger partial charge in [0.1, 0.15) is 5.15 Å².